The molecule has 2 heterocycles. The predicted molar refractivity (Wildman–Crippen MR) is 83.9 cm³/mol. The Morgan fingerprint density at radius 3 is 2.70 bits per heavy atom. The minimum atomic E-state index is 0.491. The minimum absolute atomic E-state index is 0.491. The highest BCUT2D eigenvalue weighted by atomic mass is 15.3. The van der Waals surface area contributed by atoms with Crippen molar-refractivity contribution in [2.24, 2.45) is 0 Å². The molecular weight excluding hydrogens is 248 g/mol. The van der Waals surface area contributed by atoms with Gasteiger partial charge in [-0.25, -0.2) is 9.97 Å². The second-order valence-electron chi connectivity index (χ2n) is 6.06. The molecule has 0 aromatic carbocycles. The van der Waals surface area contributed by atoms with Crippen LogP contribution in [0.2, 0.25) is 0 Å². The van der Waals surface area contributed by atoms with Crippen LogP contribution in [0.1, 0.15) is 58.4 Å². The molecule has 2 rings (SSSR count). The number of rotatable bonds is 6. The SMILES string of the molecule is CCCC1CCCCN1c1ncc(CNC(C)C)cn1. The molecule has 4 heteroatoms. The summed E-state index contributed by atoms with van der Waals surface area (Å²) in [5.41, 5.74) is 1.16. The summed E-state index contributed by atoms with van der Waals surface area (Å²) in [6.07, 6.45) is 10.3. The zero-order chi connectivity index (χ0) is 14.4. The second kappa shape index (κ2) is 7.58. The highest BCUT2D eigenvalue weighted by Gasteiger charge is 2.23. The van der Waals surface area contributed by atoms with Crippen molar-refractivity contribution in [3.8, 4) is 0 Å². The van der Waals surface area contributed by atoms with Crippen LogP contribution in [-0.4, -0.2) is 28.6 Å². The third-order valence-electron chi connectivity index (χ3n) is 3.91. The standard InChI is InChI=1S/C16H28N4/c1-4-7-15-8-5-6-9-20(15)16-18-11-14(12-19-16)10-17-13(2)3/h11-13,15,17H,4-10H2,1-3H3. The number of hydrogen-bond acceptors (Lipinski definition) is 4. The van der Waals surface area contributed by atoms with Gasteiger partial charge >= 0.3 is 0 Å². The predicted octanol–water partition coefficient (Wildman–Crippen LogP) is 3.13. The van der Waals surface area contributed by atoms with Gasteiger partial charge in [-0.3, -0.25) is 0 Å². The minimum Gasteiger partial charge on any atom is -0.338 e. The van der Waals surface area contributed by atoms with Gasteiger partial charge in [0.15, 0.2) is 0 Å². The maximum Gasteiger partial charge on any atom is 0.225 e. The fourth-order valence-electron chi connectivity index (χ4n) is 2.81. The number of aromatic nitrogens is 2. The van der Waals surface area contributed by atoms with E-state index in [1.807, 2.05) is 12.4 Å². The molecule has 0 saturated carbocycles. The lowest BCUT2D eigenvalue weighted by Crippen LogP contribution is -2.40. The third kappa shape index (κ3) is 4.17. The summed E-state index contributed by atoms with van der Waals surface area (Å²) in [6, 6.07) is 1.12. The Labute approximate surface area is 123 Å². The van der Waals surface area contributed by atoms with Gasteiger partial charge in [0.2, 0.25) is 5.95 Å². The van der Waals surface area contributed by atoms with Crippen LogP contribution in [0.25, 0.3) is 0 Å². The summed E-state index contributed by atoms with van der Waals surface area (Å²) in [4.78, 5) is 11.6. The smallest absolute Gasteiger partial charge is 0.225 e. The van der Waals surface area contributed by atoms with E-state index in [0.717, 1.165) is 24.6 Å². The van der Waals surface area contributed by atoms with Gasteiger partial charge in [-0.2, -0.15) is 0 Å². The second-order valence-corrected chi connectivity index (χ2v) is 6.06. The fourth-order valence-corrected chi connectivity index (χ4v) is 2.81. The molecule has 0 spiro atoms. The Hall–Kier alpha value is -1.16. The van der Waals surface area contributed by atoms with Crippen LogP contribution in [0.15, 0.2) is 12.4 Å². The van der Waals surface area contributed by atoms with Crippen LogP contribution in [-0.2, 0) is 6.54 Å². The van der Waals surface area contributed by atoms with Gasteiger partial charge in [0.25, 0.3) is 0 Å². The van der Waals surface area contributed by atoms with Gasteiger partial charge in [-0.1, -0.05) is 27.2 Å². The van der Waals surface area contributed by atoms with Crippen molar-refractivity contribution in [1.82, 2.24) is 15.3 Å². The number of piperidine rings is 1. The van der Waals surface area contributed by atoms with Gasteiger partial charge in [0.05, 0.1) is 0 Å². The maximum atomic E-state index is 4.59. The molecule has 0 radical (unpaired) electrons. The molecule has 1 aliphatic heterocycles. The molecule has 1 saturated heterocycles. The lowest BCUT2D eigenvalue weighted by molar-refractivity contribution is 0.428. The molecule has 1 fully saturated rings. The van der Waals surface area contributed by atoms with E-state index in [2.05, 4.69) is 41.0 Å². The first-order chi connectivity index (χ1) is 9.70. The molecule has 1 aromatic rings. The number of hydrogen-bond donors (Lipinski definition) is 1. The van der Waals surface area contributed by atoms with Crippen LogP contribution in [0.4, 0.5) is 5.95 Å². The van der Waals surface area contributed by atoms with Crippen molar-refractivity contribution in [1.29, 1.82) is 0 Å². The summed E-state index contributed by atoms with van der Waals surface area (Å²) in [5, 5.41) is 3.40. The van der Waals surface area contributed by atoms with Crippen LogP contribution >= 0.6 is 0 Å². The summed E-state index contributed by atoms with van der Waals surface area (Å²) >= 11 is 0. The highest BCUT2D eigenvalue weighted by molar-refractivity contribution is 5.32. The zero-order valence-corrected chi connectivity index (χ0v) is 13.1. The monoisotopic (exact) mass is 276 g/mol. The Balaban J connectivity index is 2.00. The average molecular weight is 276 g/mol. The van der Waals surface area contributed by atoms with E-state index < -0.39 is 0 Å². The topological polar surface area (TPSA) is 41.1 Å². The highest BCUT2D eigenvalue weighted by Crippen LogP contribution is 2.24. The van der Waals surface area contributed by atoms with Crippen molar-refractivity contribution in [2.45, 2.75) is 71.5 Å². The molecule has 112 valence electrons. The molecule has 1 aliphatic rings. The Bertz CT molecular complexity index is 386. The molecule has 0 bridgehead atoms. The van der Waals surface area contributed by atoms with E-state index >= 15 is 0 Å². The van der Waals surface area contributed by atoms with Gasteiger partial charge in [0, 0.05) is 43.1 Å². The van der Waals surface area contributed by atoms with Crippen LogP contribution in [0, 0.1) is 0 Å². The first kappa shape index (κ1) is 15.2. The van der Waals surface area contributed by atoms with E-state index in [1.54, 1.807) is 0 Å². The van der Waals surface area contributed by atoms with Crippen molar-refractivity contribution >= 4 is 5.95 Å². The van der Waals surface area contributed by atoms with Gasteiger partial charge < -0.3 is 10.2 Å². The lowest BCUT2D eigenvalue weighted by Gasteiger charge is -2.35. The van der Waals surface area contributed by atoms with Crippen molar-refractivity contribution in [3.63, 3.8) is 0 Å². The van der Waals surface area contributed by atoms with Crippen LogP contribution < -0.4 is 10.2 Å². The molecule has 1 N–H and O–H groups in total. The van der Waals surface area contributed by atoms with Crippen LogP contribution in [0.5, 0.6) is 0 Å². The molecular formula is C16H28N4. The Kier molecular flexibility index (Phi) is 5.77. The first-order valence-electron chi connectivity index (χ1n) is 8.01. The number of nitrogens with zero attached hydrogens (tertiary/aromatic N) is 3. The van der Waals surface area contributed by atoms with Crippen molar-refractivity contribution in [2.75, 3.05) is 11.4 Å². The Morgan fingerprint density at radius 2 is 2.05 bits per heavy atom. The van der Waals surface area contributed by atoms with E-state index in [0.29, 0.717) is 12.1 Å². The fraction of sp³-hybridized carbons (Fsp3) is 0.750. The van der Waals surface area contributed by atoms with Gasteiger partial charge in [0.1, 0.15) is 0 Å². The van der Waals surface area contributed by atoms with E-state index in [9.17, 15) is 0 Å². The molecule has 1 aromatic heterocycles. The molecule has 1 atom stereocenters. The first-order valence-corrected chi connectivity index (χ1v) is 8.01. The van der Waals surface area contributed by atoms with Crippen LogP contribution in [0.3, 0.4) is 0 Å². The zero-order valence-electron chi connectivity index (χ0n) is 13.1. The van der Waals surface area contributed by atoms with E-state index in [4.69, 9.17) is 0 Å². The molecule has 20 heavy (non-hydrogen) atoms. The average Bonchev–Trinajstić information content (AvgIpc) is 2.47. The maximum absolute atomic E-state index is 4.59. The van der Waals surface area contributed by atoms with E-state index in [-0.39, 0.29) is 0 Å². The van der Waals surface area contributed by atoms with Gasteiger partial charge in [-0.15, -0.1) is 0 Å². The van der Waals surface area contributed by atoms with Gasteiger partial charge in [-0.05, 0) is 25.7 Å². The summed E-state index contributed by atoms with van der Waals surface area (Å²) in [7, 11) is 0. The quantitative estimate of drug-likeness (QED) is 0.866. The number of nitrogens with one attached hydrogen (secondary N) is 1. The molecule has 0 aliphatic carbocycles. The summed E-state index contributed by atoms with van der Waals surface area (Å²) in [6.45, 7) is 8.51. The molecule has 0 amide bonds. The normalized spacial score (nSPS) is 19.6. The van der Waals surface area contributed by atoms with E-state index in [1.165, 1.54) is 32.1 Å². The molecule has 4 nitrogen and oxygen atoms in total. The third-order valence-corrected chi connectivity index (χ3v) is 3.91. The van der Waals surface area contributed by atoms with Crippen molar-refractivity contribution in [3.05, 3.63) is 18.0 Å². The largest absolute Gasteiger partial charge is 0.338 e. The summed E-state index contributed by atoms with van der Waals surface area (Å²) in [5.74, 6) is 0.913. The van der Waals surface area contributed by atoms with Crippen molar-refractivity contribution < 1.29 is 0 Å². The molecule has 1 unspecified atom stereocenters. The lowest BCUT2D eigenvalue weighted by atomic mass is 9.99. The number of anilines is 1. The Morgan fingerprint density at radius 1 is 1.30 bits per heavy atom. The summed E-state index contributed by atoms with van der Waals surface area (Å²) < 4.78 is 0.